The number of nitrogens with one attached hydrogen (secondary N) is 1. The molecule has 1 rings (SSSR count). The fourth-order valence-electron chi connectivity index (χ4n) is 0.649. The second-order valence-electron chi connectivity index (χ2n) is 2.21. The van der Waals surface area contributed by atoms with Crippen molar-refractivity contribution in [2.75, 3.05) is 11.9 Å². The third-order valence-corrected chi connectivity index (χ3v) is 1.62. The van der Waals surface area contributed by atoms with E-state index >= 15 is 0 Å². The Kier molecular flexibility index (Phi) is 3.62. The fraction of sp³-hybridized carbons (Fsp3) is 0.143. The van der Waals surface area contributed by atoms with Crippen LogP contribution in [0.5, 0.6) is 0 Å². The summed E-state index contributed by atoms with van der Waals surface area (Å²) in [6.45, 7) is 3.96. The highest BCUT2D eigenvalue weighted by Gasteiger charge is 2.04. The largest absolute Gasteiger partial charge is 0.363 e. The highest BCUT2D eigenvalue weighted by molar-refractivity contribution is 9.11. The van der Waals surface area contributed by atoms with Gasteiger partial charge in [0.05, 0.1) is 6.20 Å². The van der Waals surface area contributed by atoms with E-state index in [4.69, 9.17) is 11.6 Å². The Bertz CT molecular complexity index is 332. The van der Waals surface area contributed by atoms with Crippen molar-refractivity contribution in [1.82, 2.24) is 9.97 Å². The Hall–Kier alpha value is -0.680. The van der Waals surface area contributed by atoms with Crippen molar-refractivity contribution in [2.45, 2.75) is 0 Å². The van der Waals surface area contributed by atoms with Gasteiger partial charge in [-0.1, -0.05) is 22.5 Å². The number of nitrogens with zero attached hydrogens (tertiary/aromatic N) is 2. The van der Waals surface area contributed by atoms with E-state index in [0.29, 0.717) is 11.0 Å². The van der Waals surface area contributed by atoms with Crippen molar-refractivity contribution in [2.24, 2.45) is 0 Å². The third kappa shape index (κ3) is 3.28. The van der Waals surface area contributed by atoms with Gasteiger partial charge < -0.3 is 5.32 Å². The van der Waals surface area contributed by atoms with Crippen molar-refractivity contribution in [3.05, 3.63) is 28.4 Å². The predicted octanol–water partition coefficient (Wildman–Crippen LogP) is 2.59. The van der Waals surface area contributed by atoms with Gasteiger partial charge >= 0.3 is 0 Å². The molecule has 0 aromatic carbocycles. The van der Waals surface area contributed by atoms with Crippen LogP contribution in [0.4, 0.5) is 10.2 Å². The van der Waals surface area contributed by atoms with Crippen LogP contribution in [0.3, 0.4) is 0 Å². The number of rotatable bonds is 3. The van der Waals surface area contributed by atoms with Gasteiger partial charge in [0.2, 0.25) is 5.28 Å². The van der Waals surface area contributed by atoms with Gasteiger partial charge in [0.25, 0.3) is 0 Å². The van der Waals surface area contributed by atoms with Crippen molar-refractivity contribution in [1.29, 1.82) is 0 Å². The van der Waals surface area contributed by atoms with Crippen LogP contribution in [-0.2, 0) is 0 Å². The van der Waals surface area contributed by atoms with Crippen molar-refractivity contribution in [3.8, 4) is 0 Å². The lowest BCUT2D eigenvalue weighted by Crippen LogP contribution is -2.05. The summed E-state index contributed by atoms with van der Waals surface area (Å²) in [4.78, 5) is 7.12. The van der Waals surface area contributed by atoms with Crippen LogP contribution in [0.1, 0.15) is 0 Å². The first-order valence-electron chi connectivity index (χ1n) is 3.35. The number of hydrogen-bond donors (Lipinski definition) is 1. The zero-order chi connectivity index (χ0) is 9.84. The summed E-state index contributed by atoms with van der Waals surface area (Å²) in [6.07, 6.45) is 1.01. The van der Waals surface area contributed by atoms with Gasteiger partial charge in [-0.2, -0.15) is 4.98 Å². The minimum atomic E-state index is -0.543. The Morgan fingerprint density at radius 1 is 1.77 bits per heavy atom. The molecule has 0 aliphatic rings. The Balaban J connectivity index is 2.75. The van der Waals surface area contributed by atoms with Crippen LogP contribution in [-0.4, -0.2) is 16.5 Å². The molecule has 1 aromatic rings. The molecule has 0 saturated carbocycles. The summed E-state index contributed by atoms with van der Waals surface area (Å²) in [5.74, 6) is -0.473. The highest BCUT2D eigenvalue weighted by atomic mass is 79.9. The third-order valence-electron chi connectivity index (χ3n) is 1.16. The molecule has 1 aromatic heterocycles. The predicted molar refractivity (Wildman–Crippen MR) is 53.6 cm³/mol. The Morgan fingerprint density at radius 3 is 3.08 bits per heavy atom. The van der Waals surface area contributed by atoms with Crippen LogP contribution >= 0.6 is 27.5 Å². The number of halogens is 3. The summed E-state index contributed by atoms with van der Waals surface area (Å²) in [5.41, 5.74) is 0. The molecule has 1 N–H and O–H groups in total. The number of hydrogen-bond acceptors (Lipinski definition) is 3. The molecular formula is C7H6BrClFN3. The summed E-state index contributed by atoms with van der Waals surface area (Å²) in [6, 6.07) is 0. The molecule has 0 unspecified atom stereocenters. The molecule has 0 saturated heterocycles. The number of aromatic nitrogens is 2. The van der Waals surface area contributed by atoms with Gasteiger partial charge in [0, 0.05) is 11.0 Å². The molecule has 0 spiro atoms. The first-order valence-corrected chi connectivity index (χ1v) is 4.52. The SMILES string of the molecule is C=C(Br)CNc1nc(Cl)ncc1F. The average Bonchev–Trinajstić information content (AvgIpc) is 2.06. The molecule has 70 valence electrons. The van der Waals surface area contributed by atoms with Gasteiger partial charge in [0.1, 0.15) is 0 Å². The average molecular weight is 267 g/mol. The van der Waals surface area contributed by atoms with Crippen molar-refractivity contribution >= 4 is 33.3 Å². The van der Waals surface area contributed by atoms with Crippen LogP contribution < -0.4 is 5.32 Å². The van der Waals surface area contributed by atoms with Gasteiger partial charge in [0.15, 0.2) is 11.6 Å². The monoisotopic (exact) mass is 265 g/mol. The van der Waals surface area contributed by atoms with Crippen molar-refractivity contribution in [3.63, 3.8) is 0 Å². The zero-order valence-corrected chi connectivity index (χ0v) is 8.86. The molecule has 0 bridgehead atoms. The van der Waals surface area contributed by atoms with Crippen molar-refractivity contribution < 1.29 is 4.39 Å². The van der Waals surface area contributed by atoms with E-state index in [1.54, 1.807) is 0 Å². The van der Waals surface area contributed by atoms with Gasteiger partial charge in [-0.3, -0.25) is 0 Å². The van der Waals surface area contributed by atoms with E-state index in [1.807, 2.05) is 0 Å². The van der Waals surface area contributed by atoms with Crippen LogP contribution in [0.2, 0.25) is 5.28 Å². The lowest BCUT2D eigenvalue weighted by molar-refractivity contribution is 0.617. The fourth-order valence-corrected chi connectivity index (χ4v) is 0.923. The van der Waals surface area contributed by atoms with Crippen LogP contribution in [0, 0.1) is 5.82 Å². The molecular weight excluding hydrogens is 260 g/mol. The van der Waals surface area contributed by atoms with Gasteiger partial charge in [-0.05, 0) is 11.6 Å². The molecule has 3 nitrogen and oxygen atoms in total. The van der Waals surface area contributed by atoms with E-state index < -0.39 is 5.82 Å². The van der Waals surface area contributed by atoms with Gasteiger partial charge in [-0.25, -0.2) is 9.37 Å². The summed E-state index contributed by atoms with van der Waals surface area (Å²) < 4.78 is 13.6. The summed E-state index contributed by atoms with van der Waals surface area (Å²) in [5, 5.41) is 2.70. The minimum Gasteiger partial charge on any atom is -0.363 e. The van der Waals surface area contributed by atoms with Crippen LogP contribution in [0.25, 0.3) is 0 Å². The molecule has 13 heavy (non-hydrogen) atoms. The molecule has 6 heteroatoms. The Morgan fingerprint density at radius 2 is 2.46 bits per heavy atom. The van der Waals surface area contributed by atoms with E-state index in [9.17, 15) is 4.39 Å². The molecule has 0 atom stereocenters. The summed E-state index contributed by atoms with van der Waals surface area (Å²) >= 11 is 8.59. The maximum absolute atomic E-state index is 12.9. The standard InChI is InChI=1S/C7H6BrClFN3/c1-4(8)2-11-6-5(10)3-12-7(9)13-6/h3H,1-2H2,(H,11,12,13). The zero-order valence-electron chi connectivity index (χ0n) is 6.52. The highest BCUT2D eigenvalue weighted by Crippen LogP contribution is 2.12. The lowest BCUT2D eigenvalue weighted by Gasteiger charge is -2.04. The van der Waals surface area contributed by atoms with E-state index in [-0.39, 0.29) is 11.1 Å². The van der Waals surface area contributed by atoms with E-state index in [0.717, 1.165) is 6.20 Å². The van der Waals surface area contributed by atoms with E-state index in [2.05, 4.69) is 37.8 Å². The minimum absolute atomic E-state index is 0.00378. The quantitative estimate of drug-likeness (QED) is 0.855. The van der Waals surface area contributed by atoms with Gasteiger partial charge in [-0.15, -0.1) is 0 Å². The normalized spacial score (nSPS) is 9.77. The molecule has 0 radical (unpaired) electrons. The lowest BCUT2D eigenvalue weighted by atomic mass is 10.5. The second kappa shape index (κ2) is 4.53. The second-order valence-corrected chi connectivity index (χ2v) is 3.67. The first-order chi connectivity index (χ1) is 6.09. The Labute approximate surface area is 88.2 Å². The molecule has 0 aliphatic heterocycles. The molecule has 1 heterocycles. The first kappa shape index (κ1) is 10.4. The van der Waals surface area contributed by atoms with Crippen LogP contribution in [0.15, 0.2) is 17.3 Å². The maximum Gasteiger partial charge on any atom is 0.224 e. The smallest absolute Gasteiger partial charge is 0.224 e. The topological polar surface area (TPSA) is 37.8 Å². The maximum atomic E-state index is 12.9. The van der Waals surface area contributed by atoms with E-state index in [1.165, 1.54) is 0 Å². The molecule has 0 fully saturated rings. The summed E-state index contributed by atoms with van der Waals surface area (Å²) in [7, 11) is 0. The molecule has 0 amide bonds. The molecule has 0 aliphatic carbocycles. The number of anilines is 1.